The van der Waals surface area contributed by atoms with E-state index >= 15 is 0 Å². The molecule has 0 fully saturated rings. The Balaban J connectivity index is 1.81. The molecule has 3 unspecified atom stereocenters. The number of nitrogens with zero attached hydrogens (tertiary/aromatic N) is 4. The van der Waals surface area contributed by atoms with Crippen LogP contribution in [0.25, 0.3) is 10.8 Å². The third-order valence-corrected chi connectivity index (χ3v) is 11.9. The summed E-state index contributed by atoms with van der Waals surface area (Å²) >= 11 is 13.3. The van der Waals surface area contributed by atoms with Gasteiger partial charge in [0.2, 0.25) is 17.4 Å². The van der Waals surface area contributed by atoms with E-state index in [1.807, 2.05) is 66.7 Å². The molecule has 3 atom stereocenters. The van der Waals surface area contributed by atoms with Crippen LogP contribution in [0, 0.1) is 33.3 Å². The third-order valence-electron chi connectivity index (χ3n) is 11.2. The number of carbonyl (C=O) groups is 2. The summed E-state index contributed by atoms with van der Waals surface area (Å²) in [5.74, 6) is 4.18. The Bertz CT molecular complexity index is 2480. The van der Waals surface area contributed by atoms with Crippen molar-refractivity contribution >= 4 is 63.0 Å². The minimum Gasteiger partial charge on any atom is -0.481 e. The summed E-state index contributed by atoms with van der Waals surface area (Å²) in [5.41, 5.74) is 4.16. The quantitative estimate of drug-likeness (QED) is 0.0434. The van der Waals surface area contributed by atoms with E-state index in [1.54, 1.807) is 31.2 Å². The van der Waals surface area contributed by atoms with Gasteiger partial charge in [-0.05, 0) is 75.8 Å². The molecule has 3 aromatic rings. The molecule has 1 aliphatic carbocycles. The Hall–Kier alpha value is -5.68. The number of nitriles is 1. The van der Waals surface area contributed by atoms with Crippen LogP contribution >= 0.6 is 23.2 Å². The Kier molecular flexibility index (Phi) is 11.8. The van der Waals surface area contributed by atoms with Crippen LogP contribution in [0.15, 0.2) is 95.3 Å². The number of carboxylic acid groups (broad SMARTS) is 2. The van der Waals surface area contributed by atoms with Gasteiger partial charge in [-0.25, -0.2) is 0 Å². The summed E-state index contributed by atoms with van der Waals surface area (Å²) in [5, 5.41) is 46.1. The lowest BCUT2D eigenvalue weighted by molar-refractivity contribution is -0.508. The Morgan fingerprint density at radius 3 is 2.44 bits per heavy atom. The van der Waals surface area contributed by atoms with Gasteiger partial charge in [-0.3, -0.25) is 19.7 Å². The fourth-order valence-corrected chi connectivity index (χ4v) is 8.94. The third kappa shape index (κ3) is 7.60. The Labute approximate surface area is 341 Å². The number of hydrogen-bond donors (Lipinski definition) is 2. The first-order valence-corrected chi connectivity index (χ1v) is 19.5. The second-order valence-electron chi connectivity index (χ2n) is 15.1. The molecule has 2 N–H and O–H groups in total. The lowest BCUT2D eigenvalue weighted by Gasteiger charge is -2.33. The molecule has 57 heavy (non-hydrogen) atoms. The molecule has 0 saturated carbocycles. The van der Waals surface area contributed by atoms with Gasteiger partial charge in [0.15, 0.2) is 6.54 Å². The number of aliphatic carboxylic acids is 2. The number of fused-ring (bicyclic) bond motifs is 4. The van der Waals surface area contributed by atoms with Crippen LogP contribution in [0.5, 0.6) is 0 Å². The van der Waals surface area contributed by atoms with Gasteiger partial charge in [-0.2, -0.15) is 9.84 Å². The molecule has 0 amide bonds. The smallest absolute Gasteiger partial charge is 0.309 e. The van der Waals surface area contributed by atoms with E-state index in [1.165, 1.54) is 0 Å². The maximum absolute atomic E-state index is 12.4. The van der Waals surface area contributed by atoms with Crippen molar-refractivity contribution in [3.05, 3.63) is 127 Å². The second-order valence-corrected chi connectivity index (χ2v) is 16.0. The number of nitro groups is 1. The maximum Gasteiger partial charge on any atom is 0.309 e. The van der Waals surface area contributed by atoms with Crippen molar-refractivity contribution < 1.29 is 29.3 Å². The zero-order valence-electron chi connectivity index (χ0n) is 32.2. The fourth-order valence-electron chi connectivity index (χ4n) is 8.62. The molecule has 12 heteroatoms. The minimum absolute atomic E-state index is 0.00855. The van der Waals surface area contributed by atoms with E-state index in [0.29, 0.717) is 35.0 Å². The van der Waals surface area contributed by atoms with Crippen molar-refractivity contribution in [3.63, 3.8) is 0 Å². The van der Waals surface area contributed by atoms with Gasteiger partial charge in [0.05, 0.1) is 33.0 Å². The lowest BCUT2D eigenvalue weighted by Crippen LogP contribution is -2.41. The molecule has 3 aromatic carbocycles. The molecule has 0 bridgehead atoms. The van der Waals surface area contributed by atoms with Crippen LogP contribution < -0.4 is 4.90 Å². The van der Waals surface area contributed by atoms with Gasteiger partial charge in [0.25, 0.3) is 0 Å². The van der Waals surface area contributed by atoms with Crippen LogP contribution in [-0.2, 0) is 20.4 Å². The molecule has 2 aliphatic heterocycles. The maximum atomic E-state index is 12.4. The first-order valence-electron chi connectivity index (χ1n) is 18.7. The average Bonchev–Trinajstić information content (AvgIpc) is 3.57. The van der Waals surface area contributed by atoms with E-state index in [4.69, 9.17) is 23.2 Å². The monoisotopic (exact) mass is 805 g/mol. The van der Waals surface area contributed by atoms with E-state index in [2.05, 4.69) is 30.1 Å². The molecule has 6 rings (SSSR count). The van der Waals surface area contributed by atoms with Crippen molar-refractivity contribution in [2.75, 3.05) is 18.0 Å². The van der Waals surface area contributed by atoms with Crippen molar-refractivity contribution in [2.24, 2.45) is 0 Å². The first-order chi connectivity index (χ1) is 27.2. The number of allylic oxidation sites excluding steroid dienone is 6. The van der Waals surface area contributed by atoms with E-state index < -0.39 is 28.8 Å². The number of anilines is 1. The number of carboxylic acids is 2. The summed E-state index contributed by atoms with van der Waals surface area (Å²) in [7, 11) is 0. The van der Waals surface area contributed by atoms with Crippen LogP contribution in [0.1, 0.15) is 77.3 Å². The predicted octanol–water partition coefficient (Wildman–Crippen LogP) is 9.68. The van der Waals surface area contributed by atoms with Crippen LogP contribution in [0.2, 0.25) is 10.0 Å². The molecule has 0 saturated heterocycles. The van der Waals surface area contributed by atoms with Crippen LogP contribution in [0.4, 0.5) is 11.4 Å². The van der Waals surface area contributed by atoms with Gasteiger partial charge >= 0.3 is 11.9 Å². The van der Waals surface area contributed by atoms with Gasteiger partial charge < -0.3 is 15.1 Å². The van der Waals surface area contributed by atoms with E-state index in [9.17, 15) is 35.2 Å². The highest BCUT2D eigenvalue weighted by Crippen LogP contribution is 2.57. The van der Waals surface area contributed by atoms with Crippen molar-refractivity contribution in [1.82, 2.24) is 0 Å². The van der Waals surface area contributed by atoms with E-state index in [-0.39, 0.29) is 54.3 Å². The van der Waals surface area contributed by atoms with Gasteiger partial charge in [-0.15, -0.1) is 11.8 Å². The minimum atomic E-state index is -1.03. The van der Waals surface area contributed by atoms with E-state index in [0.717, 1.165) is 38.7 Å². The standard InChI is InChI=1S/C45H42Cl2N4O6/c1-5-6-20-44(4)35-24-36(46)37(47)25-38(35)49(22-18-39(52)53)42(44)33(27-48)43-45(21-17-28(2)3,26-29-11-14-31(15-12-29)51(56)57)34-16-13-30-9-7-8-10-32(30)41(34)50(43)23-19-40(54)55/h7-14,16-17,24-25,31H,15,18-23,26H2,1-4H3,(H-,52,53,54,55)/p+1. The molecule has 0 spiro atoms. The molecular weight excluding hydrogens is 763 g/mol. The van der Waals surface area contributed by atoms with Crippen molar-refractivity contribution in [3.8, 4) is 17.9 Å². The van der Waals surface area contributed by atoms with Gasteiger partial charge in [0, 0.05) is 41.0 Å². The number of benzene rings is 3. The molecule has 0 radical (unpaired) electrons. The molecule has 2 heterocycles. The topological polar surface area (TPSA) is 148 Å². The summed E-state index contributed by atoms with van der Waals surface area (Å²) in [6.45, 7) is 7.69. The number of rotatable bonds is 13. The molecular formula is C45H43Cl2N4O6+. The van der Waals surface area contributed by atoms with Crippen LogP contribution in [0.3, 0.4) is 0 Å². The largest absolute Gasteiger partial charge is 0.481 e. The highest BCUT2D eigenvalue weighted by atomic mass is 35.5. The Morgan fingerprint density at radius 1 is 1.09 bits per heavy atom. The lowest BCUT2D eigenvalue weighted by atomic mass is 9.66. The second kappa shape index (κ2) is 16.4. The van der Waals surface area contributed by atoms with Gasteiger partial charge in [0.1, 0.15) is 18.1 Å². The first kappa shape index (κ1) is 41.0. The molecule has 0 aromatic heterocycles. The summed E-state index contributed by atoms with van der Waals surface area (Å²) in [4.78, 5) is 38.0. The zero-order valence-corrected chi connectivity index (χ0v) is 33.7. The summed E-state index contributed by atoms with van der Waals surface area (Å²) in [6.07, 6.45) is 8.02. The highest BCUT2D eigenvalue weighted by Gasteiger charge is 2.57. The predicted molar refractivity (Wildman–Crippen MR) is 223 cm³/mol. The highest BCUT2D eigenvalue weighted by molar-refractivity contribution is 6.42. The average molecular weight is 807 g/mol. The van der Waals surface area contributed by atoms with Crippen molar-refractivity contribution in [2.45, 2.75) is 83.1 Å². The number of hydrogen-bond acceptors (Lipinski definition) is 6. The zero-order chi connectivity index (χ0) is 41.2. The van der Waals surface area contributed by atoms with Gasteiger partial charge in [-0.1, -0.05) is 82.9 Å². The fraction of sp³-hybridized carbons (Fsp3) is 0.333. The summed E-state index contributed by atoms with van der Waals surface area (Å²) < 4.78 is 1.98. The molecule has 3 aliphatic rings. The molecule has 10 nitrogen and oxygen atoms in total. The molecule has 292 valence electrons. The van der Waals surface area contributed by atoms with Crippen molar-refractivity contribution in [1.29, 1.82) is 5.26 Å². The summed E-state index contributed by atoms with van der Waals surface area (Å²) in [6, 6.07) is 17.1. The van der Waals surface area contributed by atoms with Crippen LogP contribution in [-0.4, -0.2) is 56.5 Å². The number of halogens is 2. The SMILES string of the molecule is CC#CCC1(C)C(=C(C#N)C2=[N+](CCC(=O)O)c3c(ccc4ccccc34)C2(CC=C(C)C)CC2=CCC([N+](=O)[O-])C=C2)N(CCC(=O)O)c2cc(Cl)c(Cl)cc21. The normalized spacial score (nSPS) is 21.6. The Morgan fingerprint density at radius 2 is 1.81 bits per heavy atom.